The largest absolute Gasteiger partial charge is 0.478 e. The summed E-state index contributed by atoms with van der Waals surface area (Å²) in [5.74, 6) is -1.13. The molecular formula is C9H7ClN2O2. The van der Waals surface area contributed by atoms with Crippen LogP contribution in [0.2, 0.25) is 5.02 Å². The molecular weight excluding hydrogens is 204 g/mol. The van der Waals surface area contributed by atoms with Gasteiger partial charge in [0.15, 0.2) is 0 Å². The van der Waals surface area contributed by atoms with Gasteiger partial charge in [-0.1, -0.05) is 11.6 Å². The average molecular weight is 211 g/mol. The molecule has 3 N–H and O–H groups in total. The Kier molecular flexibility index (Phi) is 3.07. The van der Waals surface area contributed by atoms with Crippen molar-refractivity contribution in [1.82, 2.24) is 0 Å². The van der Waals surface area contributed by atoms with Crippen molar-refractivity contribution in [2.45, 2.75) is 6.54 Å². The Bertz CT molecular complexity index is 424. The highest BCUT2D eigenvalue weighted by Crippen LogP contribution is 2.24. The monoisotopic (exact) mass is 210 g/mol. The van der Waals surface area contributed by atoms with E-state index in [0.29, 0.717) is 11.1 Å². The van der Waals surface area contributed by atoms with Gasteiger partial charge >= 0.3 is 5.97 Å². The zero-order valence-corrected chi connectivity index (χ0v) is 7.88. The summed E-state index contributed by atoms with van der Waals surface area (Å²) in [5, 5.41) is 17.5. The number of carbonyl (C=O) groups is 1. The number of carboxylic acid groups (broad SMARTS) is 1. The Hall–Kier alpha value is -1.57. The molecule has 0 bridgehead atoms. The predicted molar refractivity (Wildman–Crippen MR) is 51.0 cm³/mol. The fourth-order valence-corrected chi connectivity index (χ4v) is 1.41. The molecule has 4 nitrogen and oxygen atoms in total. The quantitative estimate of drug-likeness (QED) is 0.772. The zero-order chi connectivity index (χ0) is 10.7. The summed E-state index contributed by atoms with van der Waals surface area (Å²) in [6.07, 6.45) is 0. The highest BCUT2D eigenvalue weighted by Gasteiger charge is 2.14. The second kappa shape index (κ2) is 4.09. The van der Waals surface area contributed by atoms with Crippen molar-refractivity contribution >= 4 is 17.6 Å². The number of nitriles is 1. The van der Waals surface area contributed by atoms with Crippen LogP contribution in [0, 0.1) is 11.3 Å². The average Bonchev–Trinajstić information content (AvgIpc) is 2.16. The van der Waals surface area contributed by atoms with E-state index in [1.54, 1.807) is 0 Å². The van der Waals surface area contributed by atoms with E-state index in [4.69, 9.17) is 27.7 Å². The molecule has 0 saturated heterocycles. The molecule has 0 spiro atoms. The number of carboxylic acids is 1. The first-order chi connectivity index (χ1) is 6.61. The van der Waals surface area contributed by atoms with Gasteiger partial charge in [-0.2, -0.15) is 5.26 Å². The van der Waals surface area contributed by atoms with E-state index in [-0.39, 0.29) is 17.1 Å². The summed E-state index contributed by atoms with van der Waals surface area (Å²) in [7, 11) is 0. The number of hydrogen-bond donors (Lipinski definition) is 2. The van der Waals surface area contributed by atoms with Crippen LogP contribution in [-0.4, -0.2) is 11.1 Å². The molecule has 0 aliphatic carbocycles. The second-order valence-electron chi connectivity index (χ2n) is 2.57. The van der Waals surface area contributed by atoms with Crippen molar-refractivity contribution in [3.05, 3.63) is 33.8 Å². The summed E-state index contributed by atoms with van der Waals surface area (Å²) >= 11 is 5.78. The van der Waals surface area contributed by atoms with Gasteiger partial charge in [0.2, 0.25) is 0 Å². The van der Waals surface area contributed by atoms with E-state index >= 15 is 0 Å². The number of benzene rings is 1. The lowest BCUT2D eigenvalue weighted by Crippen LogP contribution is -2.06. The van der Waals surface area contributed by atoms with Gasteiger partial charge in [-0.3, -0.25) is 0 Å². The van der Waals surface area contributed by atoms with E-state index in [2.05, 4.69) is 0 Å². The van der Waals surface area contributed by atoms with Crippen LogP contribution in [0.3, 0.4) is 0 Å². The molecule has 0 fully saturated rings. The Morgan fingerprint density at radius 3 is 2.71 bits per heavy atom. The minimum Gasteiger partial charge on any atom is -0.478 e. The van der Waals surface area contributed by atoms with Crippen LogP contribution >= 0.6 is 11.6 Å². The van der Waals surface area contributed by atoms with Crippen molar-refractivity contribution in [1.29, 1.82) is 5.26 Å². The normalized spacial score (nSPS) is 9.50. The summed E-state index contributed by atoms with van der Waals surface area (Å²) in [5.41, 5.74) is 6.01. The zero-order valence-electron chi connectivity index (χ0n) is 7.12. The van der Waals surface area contributed by atoms with Gasteiger partial charge in [-0.15, -0.1) is 0 Å². The minimum atomic E-state index is -1.13. The SMILES string of the molecule is N#Cc1ccc(C(=O)O)c(Cl)c1CN. The van der Waals surface area contributed by atoms with Crippen LogP contribution in [0.4, 0.5) is 0 Å². The molecule has 0 aliphatic heterocycles. The summed E-state index contributed by atoms with van der Waals surface area (Å²) < 4.78 is 0. The molecule has 5 heteroatoms. The van der Waals surface area contributed by atoms with Crippen molar-refractivity contribution in [2.24, 2.45) is 5.73 Å². The van der Waals surface area contributed by atoms with Crippen molar-refractivity contribution in [3.63, 3.8) is 0 Å². The van der Waals surface area contributed by atoms with Crippen molar-refractivity contribution < 1.29 is 9.90 Å². The third kappa shape index (κ3) is 1.69. The maximum atomic E-state index is 10.7. The lowest BCUT2D eigenvalue weighted by Gasteiger charge is -2.06. The fraction of sp³-hybridized carbons (Fsp3) is 0.111. The van der Waals surface area contributed by atoms with Gasteiger partial charge in [0.25, 0.3) is 0 Å². The standard InChI is InChI=1S/C9H7ClN2O2/c10-8-6(9(13)14)2-1-5(3-11)7(8)4-12/h1-2H,4,12H2,(H,13,14). The molecule has 14 heavy (non-hydrogen) atoms. The van der Waals surface area contributed by atoms with Crippen LogP contribution in [0.25, 0.3) is 0 Å². The number of aromatic carboxylic acids is 1. The Balaban J connectivity index is 3.44. The summed E-state index contributed by atoms with van der Waals surface area (Å²) in [6, 6.07) is 4.59. The van der Waals surface area contributed by atoms with Crippen LogP contribution in [0.15, 0.2) is 12.1 Å². The van der Waals surface area contributed by atoms with Gasteiger partial charge in [0.1, 0.15) is 0 Å². The Morgan fingerprint density at radius 2 is 2.29 bits per heavy atom. The van der Waals surface area contributed by atoms with E-state index in [1.165, 1.54) is 12.1 Å². The van der Waals surface area contributed by atoms with Gasteiger partial charge in [-0.25, -0.2) is 4.79 Å². The predicted octanol–water partition coefficient (Wildman–Crippen LogP) is 1.37. The van der Waals surface area contributed by atoms with Crippen molar-refractivity contribution in [2.75, 3.05) is 0 Å². The smallest absolute Gasteiger partial charge is 0.337 e. The number of nitrogens with two attached hydrogens (primary N) is 1. The lowest BCUT2D eigenvalue weighted by molar-refractivity contribution is 0.0697. The maximum absolute atomic E-state index is 10.7. The number of hydrogen-bond acceptors (Lipinski definition) is 3. The minimum absolute atomic E-state index is 0.0360. The molecule has 0 unspecified atom stereocenters. The van der Waals surface area contributed by atoms with Crippen molar-refractivity contribution in [3.8, 4) is 6.07 Å². The summed E-state index contributed by atoms with van der Waals surface area (Å²) in [6.45, 7) is 0.0445. The lowest BCUT2D eigenvalue weighted by atomic mass is 10.0. The number of rotatable bonds is 2. The number of nitrogens with zero attached hydrogens (tertiary/aromatic N) is 1. The van der Waals surface area contributed by atoms with Gasteiger partial charge in [-0.05, 0) is 12.1 Å². The molecule has 0 aromatic heterocycles. The summed E-state index contributed by atoms with van der Waals surface area (Å²) in [4.78, 5) is 10.7. The third-order valence-electron chi connectivity index (χ3n) is 1.80. The maximum Gasteiger partial charge on any atom is 0.337 e. The molecule has 0 aliphatic rings. The first-order valence-electron chi connectivity index (χ1n) is 3.76. The molecule has 0 saturated carbocycles. The van der Waals surface area contributed by atoms with Gasteiger partial charge in [0, 0.05) is 12.1 Å². The van der Waals surface area contributed by atoms with Crippen LogP contribution < -0.4 is 5.73 Å². The highest BCUT2D eigenvalue weighted by molar-refractivity contribution is 6.34. The Labute approximate surface area is 85.5 Å². The molecule has 1 aromatic rings. The molecule has 0 heterocycles. The molecule has 72 valence electrons. The van der Waals surface area contributed by atoms with Gasteiger partial charge in [0.05, 0.1) is 22.2 Å². The topological polar surface area (TPSA) is 87.1 Å². The van der Waals surface area contributed by atoms with Gasteiger partial charge < -0.3 is 10.8 Å². The first kappa shape index (κ1) is 10.5. The second-order valence-corrected chi connectivity index (χ2v) is 2.95. The fourth-order valence-electron chi connectivity index (χ4n) is 1.09. The van der Waals surface area contributed by atoms with E-state index in [9.17, 15) is 4.79 Å². The van der Waals surface area contributed by atoms with Crippen LogP contribution in [0.1, 0.15) is 21.5 Å². The van der Waals surface area contributed by atoms with Crippen LogP contribution in [-0.2, 0) is 6.54 Å². The molecule has 1 aromatic carbocycles. The molecule has 0 radical (unpaired) electrons. The van der Waals surface area contributed by atoms with E-state index < -0.39 is 5.97 Å². The molecule has 0 atom stereocenters. The Morgan fingerprint density at radius 1 is 1.64 bits per heavy atom. The third-order valence-corrected chi connectivity index (χ3v) is 2.23. The highest BCUT2D eigenvalue weighted by atomic mass is 35.5. The molecule has 0 amide bonds. The van der Waals surface area contributed by atoms with E-state index in [0.717, 1.165) is 0 Å². The first-order valence-corrected chi connectivity index (χ1v) is 4.14. The van der Waals surface area contributed by atoms with Crippen LogP contribution in [0.5, 0.6) is 0 Å². The molecule has 1 rings (SSSR count). The number of halogens is 1. The van der Waals surface area contributed by atoms with E-state index in [1.807, 2.05) is 6.07 Å².